The van der Waals surface area contributed by atoms with Crippen LogP contribution in [0.1, 0.15) is 11.1 Å². The number of methoxy groups -OCH3 is 2. The van der Waals surface area contributed by atoms with Gasteiger partial charge in [0.25, 0.3) is 5.95 Å². The Kier molecular flexibility index (Phi) is 5.70. The average molecular weight is 382 g/mol. The standard InChI is InChI=1S/C18H18N6O4/c1-27-14-7-3-5-12(16(14)25)9-19-22-18-23-20-11-24(18)21-10-13-6-4-8-15(28-2)17(13)26/h3-11,25-26H,1-2H3,(H,22,23)/b19-9+,21-10+. The Hall–Kier alpha value is -4.08. The summed E-state index contributed by atoms with van der Waals surface area (Å²) >= 11 is 0. The first-order valence-electron chi connectivity index (χ1n) is 8.09. The molecule has 10 nitrogen and oxygen atoms in total. The van der Waals surface area contributed by atoms with Gasteiger partial charge in [-0.25, -0.2) is 5.43 Å². The summed E-state index contributed by atoms with van der Waals surface area (Å²) in [5, 5.41) is 36.0. The summed E-state index contributed by atoms with van der Waals surface area (Å²) in [6.45, 7) is 0. The number of phenolic OH excluding ortho intramolecular Hbond substituents is 2. The maximum Gasteiger partial charge on any atom is 0.265 e. The molecule has 0 aliphatic rings. The zero-order chi connectivity index (χ0) is 19.9. The van der Waals surface area contributed by atoms with Crippen LogP contribution in [-0.4, -0.2) is 51.7 Å². The lowest BCUT2D eigenvalue weighted by Crippen LogP contribution is -1.99. The Balaban J connectivity index is 1.74. The fourth-order valence-corrected chi connectivity index (χ4v) is 2.29. The minimum Gasteiger partial charge on any atom is -0.504 e. The fourth-order valence-electron chi connectivity index (χ4n) is 2.29. The largest absolute Gasteiger partial charge is 0.504 e. The average Bonchev–Trinajstić information content (AvgIpc) is 3.16. The molecular formula is C18H18N6O4. The number of aromatic nitrogens is 3. The lowest BCUT2D eigenvalue weighted by molar-refractivity contribution is 0.373. The molecule has 0 amide bonds. The number of hydrogen-bond acceptors (Lipinski definition) is 9. The van der Waals surface area contributed by atoms with E-state index in [4.69, 9.17) is 9.47 Å². The smallest absolute Gasteiger partial charge is 0.265 e. The number of anilines is 1. The molecule has 3 rings (SSSR count). The minimum absolute atomic E-state index is 0.0245. The summed E-state index contributed by atoms with van der Waals surface area (Å²) in [5.74, 6) is 0.868. The van der Waals surface area contributed by atoms with E-state index in [0.717, 1.165) is 0 Å². The Morgan fingerprint density at radius 1 is 0.964 bits per heavy atom. The second-order valence-electron chi connectivity index (χ2n) is 5.41. The molecule has 2 aromatic carbocycles. The third-order valence-electron chi connectivity index (χ3n) is 3.72. The number of benzene rings is 2. The van der Waals surface area contributed by atoms with Gasteiger partial charge in [0.05, 0.1) is 26.6 Å². The van der Waals surface area contributed by atoms with Gasteiger partial charge in [0, 0.05) is 11.1 Å². The molecule has 0 saturated carbocycles. The number of hydrazone groups is 1. The summed E-state index contributed by atoms with van der Waals surface area (Å²) in [4.78, 5) is 0. The summed E-state index contributed by atoms with van der Waals surface area (Å²) in [6.07, 6.45) is 4.22. The lowest BCUT2D eigenvalue weighted by atomic mass is 10.2. The molecular weight excluding hydrogens is 364 g/mol. The molecule has 0 bridgehead atoms. The highest BCUT2D eigenvalue weighted by Gasteiger charge is 2.07. The van der Waals surface area contributed by atoms with E-state index in [1.807, 2.05) is 0 Å². The first-order valence-corrected chi connectivity index (χ1v) is 8.09. The van der Waals surface area contributed by atoms with E-state index in [1.165, 1.54) is 37.7 Å². The normalized spacial score (nSPS) is 11.2. The van der Waals surface area contributed by atoms with Crippen molar-refractivity contribution in [1.82, 2.24) is 14.9 Å². The maximum atomic E-state index is 10.1. The first-order chi connectivity index (χ1) is 13.6. The van der Waals surface area contributed by atoms with Crippen LogP contribution in [0, 0.1) is 0 Å². The van der Waals surface area contributed by atoms with Crippen molar-refractivity contribution in [2.45, 2.75) is 0 Å². The number of para-hydroxylation sites is 2. The van der Waals surface area contributed by atoms with Gasteiger partial charge in [-0.15, -0.1) is 10.2 Å². The predicted octanol–water partition coefficient (Wildman–Crippen LogP) is 2.03. The molecule has 1 aromatic heterocycles. The van der Waals surface area contributed by atoms with Crippen LogP contribution in [0.3, 0.4) is 0 Å². The summed E-state index contributed by atoms with van der Waals surface area (Å²) in [6, 6.07) is 10.1. The highest BCUT2D eigenvalue weighted by molar-refractivity contribution is 5.85. The van der Waals surface area contributed by atoms with Crippen LogP contribution in [0.5, 0.6) is 23.0 Å². The maximum absolute atomic E-state index is 10.1. The molecule has 3 N–H and O–H groups in total. The molecule has 1 heterocycles. The first kappa shape index (κ1) is 18.7. The van der Waals surface area contributed by atoms with Crippen molar-refractivity contribution in [3.05, 3.63) is 53.9 Å². The number of aromatic hydroxyl groups is 2. The Morgan fingerprint density at radius 2 is 1.57 bits per heavy atom. The number of nitrogens with one attached hydrogen (secondary N) is 1. The summed E-state index contributed by atoms with van der Waals surface area (Å²) in [5.41, 5.74) is 3.61. The van der Waals surface area contributed by atoms with E-state index in [0.29, 0.717) is 22.6 Å². The van der Waals surface area contributed by atoms with E-state index >= 15 is 0 Å². The van der Waals surface area contributed by atoms with Gasteiger partial charge in [-0.05, 0) is 24.3 Å². The Labute approximate surface area is 160 Å². The molecule has 0 aliphatic carbocycles. The van der Waals surface area contributed by atoms with E-state index < -0.39 is 0 Å². The monoisotopic (exact) mass is 382 g/mol. The summed E-state index contributed by atoms with van der Waals surface area (Å²) < 4.78 is 11.4. The summed E-state index contributed by atoms with van der Waals surface area (Å²) in [7, 11) is 2.94. The van der Waals surface area contributed by atoms with Gasteiger partial charge >= 0.3 is 0 Å². The van der Waals surface area contributed by atoms with E-state index in [9.17, 15) is 10.2 Å². The number of phenols is 2. The number of ether oxygens (including phenoxy) is 2. The van der Waals surface area contributed by atoms with Gasteiger partial charge in [0.2, 0.25) is 0 Å². The van der Waals surface area contributed by atoms with Crippen LogP contribution in [-0.2, 0) is 0 Å². The minimum atomic E-state index is -0.0251. The van der Waals surface area contributed by atoms with Gasteiger partial charge < -0.3 is 19.7 Å². The number of hydrogen-bond donors (Lipinski definition) is 3. The van der Waals surface area contributed by atoms with Crippen LogP contribution >= 0.6 is 0 Å². The zero-order valence-electron chi connectivity index (χ0n) is 15.1. The topological polar surface area (TPSA) is 126 Å². The molecule has 144 valence electrons. The van der Waals surface area contributed by atoms with Crippen LogP contribution in [0.25, 0.3) is 0 Å². The van der Waals surface area contributed by atoms with Crippen molar-refractivity contribution < 1.29 is 19.7 Å². The molecule has 0 atom stereocenters. The van der Waals surface area contributed by atoms with Gasteiger partial charge in [0.15, 0.2) is 23.0 Å². The van der Waals surface area contributed by atoms with Crippen LogP contribution in [0.4, 0.5) is 5.95 Å². The lowest BCUT2D eigenvalue weighted by Gasteiger charge is -2.05. The van der Waals surface area contributed by atoms with E-state index in [2.05, 4.69) is 25.8 Å². The third-order valence-corrected chi connectivity index (χ3v) is 3.72. The van der Waals surface area contributed by atoms with Gasteiger partial charge in [-0.1, -0.05) is 12.1 Å². The van der Waals surface area contributed by atoms with Crippen molar-refractivity contribution >= 4 is 18.4 Å². The third kappa shape index (κ3) is 4.01. The van der Waals surface area contributed by atoms with Crippen LogP contribution in [0.15, 0.2) is 52.9 Å². The van der Waals surface area contributed by atoms with Crippen molar-refractivity contribution in [3.8, 4) is 23.0 Å². The van der Waals surface area contributed by atoms with E-state index in [1.54, 1.807) is 36.4 Å². The number of nitrogens with zero attached hydrogens (tertiary/aromatic N) is 5. The molecule has 0 radical (unpaired) electrons. The van der Waals surface area contributed by atoms with Crippen molar-refractivity contribution in [1.29, 1.82) is 0 Å². The van der Waals surface area contributed by atoms with Crippen LogP contribution < -0.4 is 14.9 Å². The molecule has 28 heavy (non-hydrogen) atoms. The molecule has 0 aliphatic heterocycles. The van der Waals surface area contributed by atoms with Gasteiger partial charge in [-0.3, -0.25) is 0 Å². The molecule has 10 heteroatoms. The number of rotatable bonds is 7. The van der Waals surface area contributed by atoms with Crippen molar-refractivity contribution in [2.75, 3.05) is 19.6 Å². The van der Waals surface area contributed by atoms with Crippen molar-refractivity contribution in [3.63, 3.8) is 0 Å². The second-order valence-corrected chi connectivity index (χ2v) is 5.41. The molecule has 0 saturated heterocycles. The highest BCUT2D eigenvalue weighted by Crippen LogP contribution is 2.29. The predicted molar refractivity (Wildman–Crippen MR) is 104 cm³/mol. The molecule has 3 aromatic rings. The highest BCUT2D eigenvalue weighted by atomic mass is 16.5. The SMILES string of the molecule is COc1cccc(/C=N/Nc2nncn2/N=C/c2cccc(OC)c2O)c1O. The zero-order valence-corrected chi connectivity index (χ0v) is 15.1. The van der Waals surface area contributed by atoms with Crippen molar-refractivity contribution in [2.24, 2.45) is 10.2 Å². The Bertz CT molecular complexity index is 1020. The van der Waals surface area contributed by atoms with Gasteiger partial charge in [-0.2, -0.15) is 14.9 Å². The molecule has 0 spiro atoms. The van der Waals surface area contributed by atoms with Gasteiger partial charge in [0.1, 0.15) is 6.33 Å². The fraction of sp³-hybridized carbons (Fsp3) is 0.111. The van der Waals surface area contributed by atoms with E-state index in [-0.39, 0.29) is 17.4 Å². The molecule has 0 fully saturated rings. The molecule has 0 unspecified atom stereocenters. The van der Waals surface area contributed by atoms with Crippen LogP contribution in [0.2, 0.25) is 0 Å². The second kappa shape index (κ2) is 8.54. The Morgan fingerprint density at radius 3 is 2.18 bits per heavy atom. The quantitative estimate of drug-likeness (QED) is 0.421.